The number of carbonyl (C=O) groups excluding carboxylic acids is 3. The Balaban J connectivity index is 1.11. The second-order valence-electron chi connectivity index (χ2n) is 8.83. The summed E-state index contributed by atoms with van der Waals surface area (Å²) in [6, 6.07) is 16.5. The fourth-order valence-electron chi connectivity index (χ4n) is 4.21. The Hall–Kier alpha value is -3.31. The fourth-order valence-corrected chi connectivity index (χ4v) is 4.21. The van der Waals surface area contributed by atoms with Crippen molar-refractivity contribution < 1.29 is 38.1 Å². The molecule has 0 aromatic heterocycles. The minimum atomic E-state index is -0.425. The first-order chi connectivity index (χ1) is 19.2. The molecule has 0 bridgehead atoms. The standard InChI is InChI=1S/C29H38N2O8/c32-13-16-38-22-28(33)30-11-5-14-35-17-19-37-20-18-36-15-6-12-31-29(34)39-21-27-25-9-3-1-7-23(25)24-8-2-4-10-26(24)27/h1-4,7-10,13,27H,5-6,11-12,14-22H2,(H,30,33)(H,31,34). The third-order valence-electron chi connectivity index (χ3n) is 6.03. The van der Waals surface area contributed by atoms with E-state index in [0.717, 1.165) is 0 Å². The number of ether oxygens (including phenoxy) is 5. The van der Waals surface area contributed by atoms with Gasteiger partial charge in [0.2, 0.25) is 5.91 Å². The maximum Gasteiger partial charge on any atom is 0.407 e. The molecule has 2 aromatic carbocycles. The van der Waals surface area contributed by atoms with Gasteiger partial charge in [-0.2, -0.15) is 0 Å². The van der Waals surface area contributed by atoms with E-state index in [0.29, 0.717) is 78.5 Å². The molecule has 0 radical (unpaired) electrons. The van der Waals surface area contributed by atoms with Gasteiger partial charge in [0.25, 0.3) is 0 Å². The lowest BCUT2D eigenvalue weighted by Crippen LogP contribution is -2.29. The van der Waals surface area contributed by atoms with E-state index >= 15 is 0 Å². The van der Waals surface area contributed by atoms with Crippen molar-refractivity contribution in [2.24, 2.45) is 0 Å². The summed E-state index contributed by atoms with van der Waals surface area (Å²) < 4.78 is 26.7. The summed E-state index contributed by atoms with van der Waals surface area (Å²) in [4.78, 5) is 33.6. The van der Waals surface area contributed by atoms with Gasteiger partial charge in [0.15, 0.2) is 0 Å². The molecule has 0 spiro atoms. The number of hydrogen-bond acceptors (Lipinski definition) is 8. The lowest BCUT2D eigenvalue weighted by atomic mass is 9.98. The molecule has 10 heteroatoms. The Kier molecular flexibility index (Phi) is 14.0. The average Bonchev–Trinajstić information content (AvgIpc) is 3.27. The summed E-state index contributed by atoms with van der Waals surface area (Å²) >= 11 is 0. The van der Waals surface area contributed by atoms with Crippen LogP contribution in [-0.4, -0.2) is 90.8 Å². The van der Waals surface area contributed by atoms with Gasteiger partial charge in [0.05, 0.1) is 26.4 Å². The van der Waals surface area contributed by atoms with Crippen molar-refractivity contribution in [3.05, 3.63) is 59.7 Å². The summed E-state index contributed by atoms with van der Waals surface area (Å²) in [7, 11) is 0. The molecule has 39 heavy (non-hydrogen) atoms. The van der Waals surface area contributed by atoms with Gasteiger partial charge in [-0.05, 0) is 35.1 Å². The highest BCUT2D eigenvalue weighted by atomic mass is 16.6. The minimum Gasteiger partial charge on any atom is -0.449 e. The van der Waals surface area contributed by atoms with E-state index in [1.807, 2.05) is 24.3 Å². The fraction of sp³-hybridized carbons (Fsp3) is 0.483. The molecule has 0 heterocycles. The predicted octanol–water partition coefficient (Wildman–Crippen LogP) is 2.69. The average molecular weight is 543 g/mol. The van der Waals surface area contributed by atoms with Gasteiger partial charge >= 0.3 is 6.09 Å². The van der Waals surface area contributed by atoms with Gasteiger partial charge in [-0.15, -0.1) is 0 Å². The van der Waals surface area contributed by atoms with Crippen LogP contribution < -0.4 is 10.6 Å². The number of alkyl carbamates (subject to hydrolysis) is 1. The molecule has 10 nitrogen and oxygen atoms in total. The second-order valence-corrected chi connectivity index (χ2v) is 8.83. The van der Waals surface area contributed by atoms with Crippen molar-refractivity contribution in [1.82, 2.24) is 10.6 Å². The Morgan fingerprint density at radius 2 is 1.26 bits per heavy atom. The van der Waals surface area contributed by atoms with Gasteiger partial charge < -0.3 is 39.1 Å². The molecule has 3 rings (SSSR count). The summed E-state index contributed by atoms with van der Waals surface area (Å²) in [5.74, 6) is -0.209. The molecule has 1 aliphatic carbocycles. The van der Waals surface area contributed by atoms with Crippen molar-refractivity contribution in [3.63, 3.8) is 0 Å². The van der Waals surface area contributed by atoms with Crippen LogP contribution in [0.4, 0.5) is 4.79 Å². The largest absolute Gasteiger partial charge is 0.449 e. The maximum atomic E-state index is 12.2. The van der Waals surface area contributed by atoms with Crippen LogP contribution in [-0.2, 0) is 33.3 Å². The quantitative estimate of drug-likeness (QED) is 0.194. The Labute approximate surface area is 229 Å². The highest BCUT2D eigenvalue weighted by Crippen LogP contribution is 2.44. The number of hydrogen-bond donors (Lipinski definition) is 2. The van der Waals surface area contributed by atoms with Crippen molar-refractivity contribution in [2.45, 2.75) is 18.8 Å². The molecule has 2 amide bonds. The van der Waals surface area contributed by atoms with Gasteiger partial charge in [0.1, 0.15) is 26.1 Å². The van der Waals surface area contributed by atoms with E-state index in [4.69, 9.17) is 23.7 Å². The van der Waals surface area contributed by atoms with Crippen molar-refractivity contribution in [2.75, 3.05) is 72.6 Å². The minimum absolute atomic E-state index is 0.0469. The van der Waals surface area contributed by atoms with Crippen molar-refractivity contribution >= 4 is 18.3 Å². The van der Waals surface area contributed by atoms with E-state index < -0.39 is 6.09 Å². The molecule has 1 aliphatic rings. The first-order valence-corrected chi connectivity index (χ1v) is 13.3. The van der Waals surface area contributed by atoms with Crippen molar-refractivity contribution in [1.29, 1.82) is 0 Å². The number of benzene rings is 2. The number of fused-ring (bicyclic) bond motifs is 3. The zero-order chi connectivity index (χ0) is 27.5. The van der Waals surface area contributed by atoms with E-state index in [1.54, 1.807) is 0 Å². The summed E-state index contributed by atoms with van der Waals surface area (Å²) in [5.41, 5.74) is 4.78. The Bertz CT molecular complexity index is 986. The van der Waals surface area contributed by atoms with E-state index in [-0.39, 0.29) is 25.0 Å². The van der Waals surface area contributed by atoms with Crippen LogP contribution in [0.15, 0.2) is 48.5 Å². The first kappa shape index (κ1) is 30.2. The highest BCUT2D eigenvalue weighted by Gasteiger charge is 2.28. The highest BCUT2D eigenvalue weighted by molar-refractivity contribution is 5.79. The van der Waals surface area contributed by atoms with E-state index in [2.05, 4.69) is 34.9 Å². The van der Waals surface area contributed by atoms with Gasteiger partial charge in [-0.25, -0.2) is 4.79 Å². The molecule has 0 unspecified atom stereocenters. The van der Waals surface area contributed by atoms with E-state index in [9.17, 15) is 14.4 Å². The van der Waals surface area contributed by atoms with Gasteiger partial charge in [-0.1, -0.05) is 48.5 Å². The number of aldehydes is 1. The SMILES string of the molecule is O=CCOCC(=O)NCCCOCCOCCOCCCNC(=O)OCC1c2ccccc2-c2ccccc21. The Morgan fingerprint density at radius 1 is 0.718 bits per heavy atom. The molecule has 2 N–H and O–H groups in total. The number of carbonyl (C=O) groups is 3. The lowest BCUT2D eigenvalue weighted by molar-refractivity contribution is -0.126. The normalized spacial score (nSPS) is 12.0. The molecule has 0 aliphatic heterocycles. The zero-order valence-corrected chi connectivity index (χ0v) is 22.2. The molecule has 0 atom stereocenters. The van der Waals surface area contributed by atoms with Gasteiger partial charge in [0, 0.05) is 32.2 Å². The summed E-state index contributed by atoms with van der Waals surface area (Å²) in [6.07, 6.45) is 1.52. The number of nitrogens with one attached hydrogen (secondary N) is 2. The zero-order valence-electron chi connectivity index (χ0n) is 22.2. The second kappa shape index (κ2) is 18.1. The molecular weight excluding hydrogens is 504 g/mol. The monoisotopic (exact) mass is 542 g/mol. The molecule has 2 aromatic rings. The Morgan fingerprint density at radius 3 is 1.85 bits per heavy atom. The molecule has 0 saturated carbocycles. The van der Waals surface area contributed by atoms with Crippen LogP contribution >= 0.6 is 0 Å². The topological polar surface area (TPSA) is 121 Å². The third-order valence-corrected chi connectivity index (χ3v) is 6.03. The number of rotatable bonds is 20. The summed E-state index contributed by atoms with van der Waals surface area (Å²) in [6.45, 7) is 3.90. The van der Waals surface area contributed by atoms with Crippen LogP contribution in [0, 0.1) is 0 Å². The van der Waals surface area contributed by atoms with Gasteiger partial charge in [-0.3, -0.25) is 4.79 Å². The molecule has 212 valence electrons. The number of amides is 2. The van der Waals surface area contributed by atoms with Crippen LogP contribution in [0.3, 0.4) is 0 Å². The third kappa shape index (κ3) is 10.8. The summed E-state index contributed by atoms with van der Waals surface area (Å²) in [5, 5.41) is 5.45. The lowest BCUT2D eigenvalue weighted by Gasteiger charge is -2.14. The molecule has 0 saturated heterocycles. The van der Waals surface area contributed by atoms with Crippen molar-refractivity contribution in [3.8, 4) is 11.1 Å². The van der Waals surface area contributed by atoms with Crippen LogP contribution in [0.1, 0.15) is 29.9 Å². The van der Waals surface area contributed by atoms with Crippen LogP contribution in [0.2, 0.25) is 0 Å². The van der Waals surface area contributed by atoms with Crippen LogP contribution in [0.5, 0.6) is 0 Å². The predicted molar refractivity (Wildman–Crippen MR) is 145 cm³/mol. The first-order valence-electron chi connectivity index (χ1n) is 13.3. The van der Waals surface area contributed by atoms with E-state index in [1.165, 1.54) is 22.3 Å². The molecular formula is C29H38N2O8. The molecule has 0 fully saturated rings. The smallest absolute Gasteiger partial charge is 0.407 e. The van der Waals surface area contributed by atoms with Crippen LogP contribution in [0.25, 0.3) is 11.1 Å². The maximum absolute atomic E-state index is 12.2.